The molecule has 18 heavy (non-hydrogen) atoms. The van der Waals surface area contributed by atoms with Gasteiger partial charge < -0.3 is 5.73 Å². The molecule has 1 heterocycles. The van der Waals surface area contributed by atoms with Crippen LogP contribution in [0.5, 0.6) is 0 Å². The molecule has 0 saturated carbocycles. The number of sulfone groups is 1. The Labute approximate surface area is 105 Å². The van der Waals surface area contributed by atoms with Gasteiger partial charge in [0.25, 0.3) is 0 Å². The maximum Gasteiger partial charge on any atom is 0.150 e. The third kappa shape index (κ3) is 3.05. The summed E-state index contributed by atoms with van der Waals surface area (Å²) in [4.78, 5) is 0. The van der Waals surface area contributed by atoms with E-state index in [-0.39, 0.29) is 23.0 Å². The lowest BCUT2D eigenvalue weighted by Crippen LogP contribution is -2.17. The average molecular weight is 275 g/mol. The van der Waals surface area contributed by atoms with Crippen LogP contribution in [0.15, 0.2) is 18.2 Å². The third-order valence-corrected chi connectivity index (χ3v) is 5.11. The van der Waals surface area contributed by atoms with Gasteiger partial charge in [-0.1, -0.05) is 6.07 Å². The number of halogens is 2. The molecule has 100 valence electrons. The minimum Gasteiger partial charge on any atom is -0.324 e. The third-order valence-electron chi connectivity index (χ3n) is 3.28. The van der Waals surface area contributed by atoms with Gasteiger partial charge in [-0.25, -0.2) is 17.2 Å². The quantitative estimate of drug-likeness (QED) is 0.915. The van der Waals surface area contributed by atoms with Crippen LogP contribution in [0.1, 0.15) is 24.4 Å². The predicted octanol–water partition coefficient (Wildman–Crippen LogP) is 1.79. The fourth-order valence-electron chi connectivity index (χ4n) is 2.35. The predicted molar refractivity (Wildman–Crippen MR) is 64.7 cm³/mol. The van der Waals surface area contributed by atoms with Crippen molar-refractivity contribution in [1.29, 1.82) is 0 Å². The summed E-state index contributed by atoms with van der Waals surface area (Å²) in [5.41, 5.74) is 6.09. The Balaban J connectivity index is 2.06. The molecule has 2 N–H and O–H groups in total. The highest BCUT2D eigenvalue weighted by atomic mass is 32.2. The Morgan fingerprint density at radius 2 is 2.11 bits per heavy atom. The second kappa shape index (κ2) is 4.93. The first-order valence-electron chi connectivity index (χ1n) is 5.78. The molecular formula is C12H15F2NO2S. The zero-order valence-electron chi connectivity index (χ0n) is 9.77. The van der Waals surface area contributed by atoms with Crippen LogP contribution in [0.4, 0.5) is 8.78 Å². The van der Waals surface area contributed by atoms with Crippen LogP contribution in [-0.4, -0.2) is 19.9 Å². The van der Waals surface area contributed by atoms with Crippen LogP contribution in [0.2, 0.25) is 0 Å². The maximum atomic E-state index is 13.5. The lowest BCUT2D eigenvalue weighted by atomic mass is 9.94. The van der Waals surface area contributed by atoms with E-state index in [4.69, 9.17) is 5.73 Å². The van der Waals surface area contributed by atoms with Gasteiger partial charge in [0.15, 0.2) is 9.84 Å². The molecule has 0 aliphatic carbocycles. The Hall–Kier alpha value is -1.01. The molecule has 1 aromatic carbocycles. The lowest BCUT2D eigenvalue weighted by molar-refractivity contribution is 0.464. The smallest absolute Gasteiger partial charge is 0.150 e. The highest BCUT2D eigenvalue weighted by Gasteiger charge is 2.29. The highest BCUT2D eigenvalue weighted by Crippen LogP contribution is 2.28. The Kier molecular flexibility index (Phi) is 3.68. The molecule has 1 aliphatic rings. The molecule has 0 aromatic heterocycles. The van der Waals surface area contributed by atoms with Gasteiger partial charge >= 0.3 is 0 Å². The second-order valence-electron chi connectivity index (χ2n) is 4.78. The Morgan fingerprint density at radius 3 is 2.67 bits per heavy atom. The van der Waals surface area contributed by atoms with Crippen molar-refractivity contribution in [2.24, 2.45) is 11.7 Å². The van der Waals surface area contributed by atoms with Crippen molar-refractivity contribution in [3.05, 3.63) is 35.4 Å². The zero-order valence-corrected chi connectivity index (χ0v) is 10.6. The van der Waals surface area contributed by atoms with Crippen LogP contribution in [-0.2, 0) is 9.84 Å². The average Bonchev–Trinajstić information content (AvgIpc) is 2.57. The van der Waals surface area contributed by atoms with Crippen molar-refractivity contribution in [2.75, 3.05) is 11.5 Å². The van der Waals surface area contributed by atoms with Gasteiger partial charge in [0.2, 0.25) is 0 Å². The molecular weight excluding hydrogens is 260 g/mol. The van der Waals surface area contributed by atoms with Crippen LogP contribution < -0.4 is 5.73 Å². The van der Waals surface area contributed by atoms with Gasteiger partial charge in [-0.05, 0) is 24.8 Å². The van der Waals surface area contributed by atoms with E-state index in [0.29, 0.717) is 12.8 Å². The van der Waals surface area contributed by atoms with E-state index in [1.807, 2.05) is 0 Å². The summed E-state index contributed by atoms with van der Waals surface area (Å²) in [5, 5.41) is 0. The first-order valence-corrected chi connectivity index (χ1v) is 7.60. The van der Waals surface area contributed by atoms with E-state index in [2.05, 4.69) is 0 Å². The van der Waals surface area contributed by atoms with Crippen molar-refractivity contribution in [3.8, 4) is 0 Å². The fourth-order valence-corrected chi connectivity index (χ4v) is 4.23. The number of hydrogen-bond donors (Lipinski definition) is 1. The molecule has 0 spiro atoms. The Bertz CT molecular complexity index is 545. The highest BCUT2D eigenvalue weighted by molar-refractivity contribution is 7.91. The van der Waals surface area contributed by atoms with E-state index in [0.717, 1.165) is 12.1 Å². The summed E-state index contributed by atoms with van der Waals surface area (Å²) in [7, 11) is -2.95. The normalized spacial score (nSPS) is 24.1. The van der Waals surface area contributed by atoms with Gasteiger partial charge in [-0.3, -0.25) is 0 Å². The minimum absolute atomic E-state index is 0.0329. The second-order valence-corrected chi connectivity index (χ2v) is 7.01. The first kappa shape index (κ1) is 13.4. The fraction of sp³-hybridized carbons (Fsp3) is 0.500. The standard InChI is InChI=1S/C12H15F2NO2S/c13-9-1-2-10(11(14)6-9)12(15)5-8-3-4-18(16,17)7-8/h1-2,6,8,12H,3-5,7,15H2. The summed E-state index contributed by atoms with van der Waals surface area (Å²) >= 11 is 0. The molecule has 0 bridgehead atoms. The van der Waals surface area contributed by atoms with Crippen LogP contribution in [0, 0.1) is 17.6 Å². The van der Waals surface area contributed by atoms with Gasteiger partial charge in [-0.2, -0.15) is 0 Å². The van der Waals surface area contributed by atoms with Crippen molar-refractivity contribution in [1.82, 2.24) is 0 Å². The van der Waals surface area contributed by atoms with Gasteiger partial charge in [0.05, 0.1) is 11.5 Å². The summed E-state index contributed by atoms with van der Waals surface area (Å²) in [6, 6.07) is 2.67. The maximum absolute atomic E-state index is 13.5. The number of nitrogens with two attached hydrogens (primary N) is 1. The first-order chi connectivity index (χ1) is 8.37. The van der Waals surface area contributed by atoms with Crippen molar-refractivity contribution in [3.63, 3.8) is 0 Å². The molecule has 0 radical (unpaired) electrons. The van der Waals surface area contributed by atoms with Crippen LogP contribution in [0.3, 0.4) is 0 Å². The van der Waals surface area contributed by atoms with E-state index in [1.54, 1.807) is 0 Å². The SMILES string of the molecule is NC(CC1CCS(=O)(=O)C1)c1ccc(F)cc1F. The van der Waals surface area contributed by atoms with Gasteiger partial charge in [-0.15, -0.1) is 0 Å². The summed E-state index contributed by atoms with van der Waals surface area (Å²) in [6.07, 6.45) is 0.973. The summed E-state index contributed by atoms with van der Waals surface area (Å²) < 4.78 is 48.9. The van der Waals surface area contributed by atoms with Gasteiger partial charge in [0.1, 0.15) is 11.6 Å². The van der Waals surface area contributed by atoms with Crippen molar-refractivity contribution >= 4 is 9.84 Å². The topological polar surface area (TPSA) is 60.2 Å². The number of hydrogen-bond acceptors (Lipinski definition) is 3. The van der Waals surface area contributed by atoms with Crippen molar-refractivity contribution in [2.45, 2.75) is 18.9 Å². The molecule has 1 fully saturated rings. The van der Waals surface area contributed by atoms with Gasteiger partial charge in [0, 0.05) is 17.7 Å². The number of rotatable bonds is 3. The molecule has 1 aromatic rings. The molecule has 0 amide bonds. The molecule has 1 aliphatic heterocycles. The summed E-state index contributed by atoms with van der Waals surface area (Å²) in [6.45, 7) is 0. The summed E-state index contributed by atoms with van der Waals surface area (Å²) in [5.74, 6) is -1.07. The largest absolute Gasteiger partial charge is 0.324 e. The molecule has 3 nitrogen and oxygen atoms in total. The number of benzene rings is 1. The van der Waals surface area contributed by atoms with E-state index < -0.39 is 27.5 Å². The molecule has 2 unspecified atom stereocenters. The molecule has 2 rings (SSSR count). The lowest BCUT2D eigenvalue weighted by Gasteiger charge is -2.16. The van der Waals surface area contributed by atoms with Crippen molar-refractivity contribution < 1.29 is 17.2 Å². The molecule has 1 saturated heterocycles. The van der Waals surface area contributed by atoms with E-state index >= 15 is 0 Å². The van der Waals surface area contributed by atoms with Crippen LogP contribution >= 0.6 is 0 Å². The van der Waals surface area contributed by atoms with E-state index in [1.165, 1.54) is 6.07 Å². The van der Waals surface area contributed by atoms with Crippen LogP contribution in [0.25, 0.3) is 0 Å². The molecule has 2 atom stereocenters. The minimum atomic E-state index is -2.95. The Morgan fingerprint density at radius 1 is 1.39 bits per heavy atom. The molecule has 6 heteroatoms. The monoisotopic (exact) mass is 275 g/mol. The zero-order chi connectivity index (χ0) is 13.3. The van der Waals surface area contributed by atoms with E-state index in [9.17, 15) is 17.2 Å².